The van der Waals surface area contributed by atoms with Gasteiger partial charge in [-0.25, -0.2) is 13.4 Å². The molecule has 2 heterocycles. The van der Waals surface area contributed by atoms with Crippen molar-refractivity contribution in [3.8, 4) is 0 Å². The fourth-order valence-corrected chi connectivity index (χ4v) is 5.80. The molecule has 0 aliphatic carbocycles. The molecule has 2 aromatic carbocycles. The van der Waals surface area contributed by atoms with Gasteiger partial charge in [-0.05, 0) is 49.1 Å². The van der Waals surface area contributed by atoms with E-state index in [1.165, 1.54) is 24.3 Å². The first-order valence-corrected chi connectivity index (χ1v) is 12.8. The van der Waals surface area contributed by atoms with Crippen LogP contribution in [0.25, 0.3) is 0 Å². The van der Waals surface area contributed by atoms with E-state index in [1.807, 2.05) is 37.3 Å². The van der Waals surface area contributed by atoms with Crippen LogP contribution in [0.15, 0.2) is 65.0 Å². The Hall–Kier alpha value is -3.08. The second-order valence-corrected chi connectivity index (χ2v) is 10.5. The Morgan fingerprint density at radius 3 is 2.64 bits per heavy atom. The number of hydrogen-bond donors (Lipinski definition) is 2. The molecule has 10 heteroatoms. The molecule has 0 saturated heterocycles. The highest BCUT2D eigenvalue weighted by molar-refractivity contribution is 7.89. The molecule has 0 unspecified atom stereocenters. The molecule has 1 aromatic heterocycles. The Labute approximate surface area is 196 Å². The number of benzene rings is 2. The molecule has 2 atom stereocenters. The quantitative estimate of drug-likeness (QED) is 0.536. The lowest BCUT2D eigenvalue weighted by molar-refractivity contribution is -0.118. The first-order valence-electron chi connectivity index (χ1n) is 10.4. The van der Waals surface area contributed by atoms with E-state index >= 15 is 0 Å². The molecule has 4 rings (SSSR count). The van der Waals surface area contributed by atoms with Crippen LogP contribution in [-0.4, -0.2) is 37.3 Å². The number of aromatic nitrogens is 1. The van der Waals surface area contributed by atoms with Crippen molar-refractivity contribution in [2.45, 2.75) is 43.7 Å². The number of hydrogen-bond acceptors (Lipinski definition) is 6. The summed E-state index contributed by atoms with van der Waals surface area (Å²) in [4.78, 5) is 30.7. The smallest absolute Gasteiger partial charge is 0.244 e. The Morgan fingerprint density at radius 1 is 1.21 bits per heavy atom. The highest BCUT2D eigenvalue weighted by atomic mass is 32.2. The van der Waals surface area contributed by atoms with Gasteiger partial charge in [-0.2, -0.15) is 4.72 Å². The van der Waals surface area contributed by atoms with Crippen LogP contribution in [0.2, 0.25) is 0 Å². The highest BCUT2D eigenvalue weighted by Crippen LogP contribution is 2.34. The van der Waals surface area contributed by atoms with Crippen molar-refractivity contribution in [3.63, 3.8) is 0 Å². The van der Waals surface area contributed by atoms with E-state index in [2.05, 4.69) is 15.0 Å². The van der Waals surface area contributed by atoms with Crippen molar-refractivity contribution in [1.82, 2.24) is 9.71 Å². The monoisotopic (exact) mass is 484 g/mol. The van der Waals surface area contributed by atoms with Gasteiger partial charge in [-0.15, -0.1) is 11.3 Å². The van der Waals surface area contributed by atoms with E-state index in [-0.39, 0.29) is 23.3 Å². The molecule has 0 spiro atoms. The maximum Gasteiger partial charge on any atom is 0.244 e. The van der Waals surface area contributed by atoms with Crippen molar-refractivity contribution in [2.24, 2.45) is 0 Å². The molecule has 0 fully saturated rings. The van der Waals surface area contributed by atoms with Gasteiger partial charge in [0.2, 0.25) is 21.8 Å². The lowest BCUT2D eigenvalue weighted by atomic mass is 10.1. The largest absolute Gasteiger partial charge is 0.309 e. The normalized spacial score (nSPS) is 16.3. The number of sulfonamides is 1. The minimum atomic E-state index is -4.01. The SMILES string of the molecule is CC(=O)N1c2ccc(S(=O)(=O)N[C@H](Cc3ccccc3)C(=O)Nc3nccs3)cc2C[C@H]1C. The summed E-state index contributed by atoms with van der Waals surface area (Å²) in [6, 6.07) is 12.8. The molecule has 1 aliphatic heterocycles. The van der Waals surface area contributed by atoms with Crippen LogP contribution < -0.4 is 14.9 Å². The summed E-state index contributed by atoms with van der Waals surface area (Å²) in [7, 11) is -4.01. The average molecular weight is 485 g/mol. The van der Waals surface area contributed by atoms with Crippen LogP contribution in [0, 0.1) is 0 Å². The van der Waals surface area contributed by atoms with Gasteiger partial charge in [0.1, 0.15) is 6.04 Å². The molecule has 3 aromatic rings. The zero-order valence-corrected chi connectivity index (χ0v) is 19.8. The summed E-state index contributed by atoms with van der Waals surface area (Å²) < 4.78 is 29.1. The van der Waals surface area contributed by atoms with Crippen molar-refractivity contribution in [3.05, 3.63) is 71.2 Å². The van der Waals surface area contributed by atoms with Gasteiger partial charge >= 0.3 is 0 Å². The van der Waals surface area contributed by atoms with E-state index in [4.69, 9.17) is 0 Å². The van der Waals surface area contributed by atoms with Crippen molar-refractivity contribution < 1.29 is 18.0 Å². The maximum absolute atomic E-state index is 13.3. The van der Waals surface area contributed by atoms with Crippen LogP contribution in [0.3, 0.4) is 0 Å². The first kappa shape index (κ1) is 23.1. The molecule has 0 saturated carbocycles. The molecule has 33 heavy (non-hydrogen) atoms. The molecule has 0 bridgehead atoms. The topological polar surface area (TPSA) is 108 Å². The van der Waals surface area contributed by atoms with Crippen molar-refractivity contribution in [1.29, 1.82) is 0 Å². The van der Waals surface area contributed by atoms with Crippen LogP contribution in [0.1, 0.15) is 25.0 Å². The predicted molar refractivity (Wildman–Crippen MR) is 128 cm³/mol. The third-order valence-corrected chi connectivity index (χ3v) is 7.63. The highest BCUT2D eigenvalue weighted by Gasteiger charge is 2.32. The van der Waals surface area contributed by atoms with Crippen LogP contribution >= 0.6 is 11.3 Å². The van der Waals surface area contributed by atoms with Crippen molar-refractivity contribution in [2.75, 3.05) is 10.2 Å². The molecule has 2 N–H and O–H groups in total. The number of amides is 2. The number of anilines is 2. The Bertz CT molecular complexity index is 1260. The molecule has 2 amide bonds. The average Bonchev–Trinajstić information content (AvgIpc) is 3.39. The van der Waals surface area contributed by atoms with Crippen LogP contribution in [0.4, 0.5) is 10.8 Å². The number of nitrogens with zero attached hydrogens (tertiary/aromatic N) is 2. The summed E-state index contributed by atoms with van der Waals surface area (Å²) >= 11 is 1.25. The summed E-state index contributed by atoms with van der Waals surface area (Å²) in [5.74, 6) is -0.577. The van der Waals surface area contributed by atoms with Crippen molar-refractivity contribution >= 4 is 44.0 Å². The fraction of sp³-hybridized carbons (Fsp3) is 0.261. The lowest BCUT2D eigenvalue weighted by Crippen LogP contribution is -2.45. The standard InChI is InChI=1S/C23H24N4O4S2/c1-15-12-18-14-19(8-9-21(18)27(15)16(2)28)33(30,31)26-20(13-17-6-4-3-5-7-17)22(29)25-23-24-10-11-32-23/h3-11,14-15,20,26H,12-13H2,1-2H3,(H,24,25,29)/t15-,20-/m1/s1. The van der Waals surface area contributed by atoms with Gasteiger partial charge in [0.25, 0.3) is 0 Å². The van der Waals surface area contributed by atoms with E-state index in [9.17, 15) is 18.0 Å². The van der Waals surface area contributed by atoms with Crippen LogP contribution in [0.5, 0.6) is 0 Å². The maximum atomic E-state index is 13.3. The summed E-state index contributed by atoms with van der Waals surface area (Å²) in [5.41, 5.74) is 2.32. The van der Waals surface area contributed by atoms with Gasteiger partial charge in [0, 0.05) is 30.2 Å². The number of carbonyl (C=O) groups excluding carboxylic acids is 2. The minimum Gasteiger partial charge on any atom is -0.309 e. The zero-order chi connectivity index (χ0) is 23.6. The number of thiazole rings is 1. The van der Waals surface area contributed by atoms with Crippen LogP contribution in [-0.2, 0) is 32.5 Å². The van der Waals surface area contributed by atoms with Gasteiger partial charge in [0.15, 0.2) is 5.13 Å². The Morgan fingerprint density at radius 2 is 1.97 bits per heavy atom. The number of rotatable bonds is 7. The molecule has 8 nitrogen and oxygen atoms in total. The van der Waals surface area contributed by atoms with Gasteiger partial charge in [-0.1, -0.05) is 30.3 Å². The predicted octanol–water partition coefficient (Wildman–Crippen LogP) is 2.97. The number of carbonyl (C=O) groups is 2. The van der Waals surface area contributed by atoms with E-state index < -0.39 is 22.0 Å². The fourth-order valence-electron chi connectivity index (χ4n) is 4.03. The number of nitrogens with one attached hydrogen (secondary N) is 2. The molecule has 0 radical (unpaired) electrons. The van der Waals surface area contributed by atoms with Gasteiger partial charge < -0.3 is 10.2 Å². The lowest BCUT2D eigenvalue weighted by Gasteiger charge is -2.21. The second kappa shape index (κ2) is 9.42. The number of fused-ring (bicyclic) bond motifs is 1. The van der Waals surface area contributed by atoms with E-state index in [0.717, 1.165) is 16.8 Å². The van der Waals surface area contributed by atoms with Gasteiger partial charge in [-0.3, -0.25) is 9.59 Å². The Kier molecular flexibility index (Phi) is 6.59. The molecular formula is C23H24N4O4S2. The molecular weight excluding hydrogens is 460 g/mol. The van der Waals surface area contributed by atoms with Gasteiger partial charge in [0.05, 0.1) is 4.90 Å². The Balaban J connectivity index is 1.60. The van der Waals surface area contributed by atoms with E-state index in [0.29, 0.717) is 11.6 Å². The third-order valence-electron chi connectivity index (χ3n) is 5.48. The zero-order valence-electron chi connectivity index (χ0n) is 18.2. The third kappa shape index (κ3) is 5.13. The summed E-state index contributed by atoms with van der Waals surface area (Å²) in [6.07, 6.45) is 2.31. The summed E-state index contributed by atoms with van der Waals surface area (Å²) in [5, 5.41) is 4.80. The minimum absolute atomic E-state index is 0.0432. The first-order chi connectivity index (χ1) is 15.7. The summed E-state index contributed by atoms with van der Waals surface area (Å²) in [6.45, 7) is 3.42. The molecule has 172 valence electrons. The van der Waals surface area contributed by atoms with E-state index in [1.54, 1.807) is 28.6 Å². The second-order valence-electron chi connectivity index (χ2n) is 7.92. The molecule has 1 aliphatic rings.